The predicted molar refractivity (Wildman–Crippen MR) is 63.5 cm³/mol. The number of para-hydroxylation sites is 1. The van der Waals surface area contributed by atoms with Crippen LogP contribution in [0.3, 0.4) is 0 Å². The van der Waals surface area contributed by atoms with Gasteiger partial charge in [-0.15, -0.1) is 0 Å². The van der Waals surface area contributed by atoms with E-state index in [-0.39, 0.29) is 6.61 Å². The summed E-state index contributed by atoms with van der Waals surface area (Å²) in [4.78, 5) is 0. The molecule has 16 heavy (non-hydrogen) atoms. The molecule has 0 saturated carbocycles. The normalized spacial score (nSPS) is 10.4. The quantitative estimate of drug-likeness (QED) is 0.766. The zero-order valence-electron chi connectivity index (χ0n) is 8.90. The molecule has 0 atom stereocenters. The Kier molecular flexibility index (Phi) is 4.35. The molecule has 0 aromatic heterocycles. The topological polar surface area (TPSA) is 66.4 Å². The van der Waals surface area contributed by atoms with E-state index in [1.807, 2.05) is 0 Å². The number of aliphatic hydroxyl groups is 1. The smallest absolute Gasteiger partial charge is 0.229 e. The monoisotopic (exact) mass is 239 g/mol. The van der Waals surface area contributed by atoms with Crippen molar-refractivity contribution in [3.8, 4) is 11.8 Å². The second-order valence-corrected chi connectivity index (χ2v) is 4.94. The summed E-state index contributed by atoms with van der Waals surface area (Å²) in [6.07, 6.45) is 1.46. The molecule has 4 nitrogen and oxygen atoms in total. The standard InChI is InChI=1S/C11H13NO3S/c1-16(14,15)12-11-8-3-2-6-10(11)7-4-5-9-13/h2-3,6,8,12-13H,5,9H2,1H3. The Morgan fingerprint density at radius 3 is 2.69 bits per heavy atom. The van der Waals surface area contributed by atoms with Gasteiger partial charge in [0.15, 0.2) is 0 Å². The maximum absolute atomic E-state index is 11.1. The Morgan fingerprint density at radius 2 is 2.06 bits per heavy atom. The molecule has 1 aromatic carbocycles. The van der Waals surface area contributed by atoms with Crippen molar-refractivity contribution in [3.05, 3.63) is 29.8 Å². The summed E-state index contributed by atoms with van der Waals surface area (Å²) in [6.45, 7) is -0.00529. The van der Waals surface area contributed by atoms with Crippen molar-refractivity contribution in [2.45, 2.75) is 6.42 Å². The predicted octanol–water partition coefficient (Wildman–Crippen LogP) is 0.792. The van der Waals surface area contributed by atoms with Crippen LogP contribution >= 0.6 is 0 Å². The van der Waals surface area contributed by atoms with Gasteiger partial charge in [0.25, 0.3) is 0 Å². The van der Waals surface area contributed by atoms with Crippen molar-refractivity contribution in [1.29, 1.82) is 0 Å². The Bertz CT molecular complexity index is 512. The molecule has 0 saturated heterocycles. The number of anilines is 1. The number of rotatable bonds is 3. The molecule has 0 aliphatic carbocycles. The van der Waals surface area contributed by atoms with Crippen LogP contribution in [0, 0.1) is 11.8 Å². The molecule has 0 radical (unpaired) electrons. The Labute approximate surface area is 95.4 Å². The third-order valence-electron chi connectivity index (χ3n) is 1.68. The molecule has 0 aliphatic heterocycles. The summed E-state index contributed by atoms with van der Waals surface area (Å²) in [6, 6.07) is 6.86. The lowest BCUT2D eigenvalue weighted by Crippen LogP contribution is -2.10. The molecule has 0 heterocycles. The minimum absolute atomic E-state index is 0.00529. The van der Waals surface area contributed by atoms with Gasteiger partial charge in [0.1, 0.15) is 0 Å². The number of hydrogen-bond acceptors (Lipinski definition) is 3. The lowest BCUT2D eigenvalue weighted by atomic mass is 10.2. The minimum atomic E-state index is -3.30. The number of hydrogen-bond donors (Lipinski definition) is 2. The lowest BCUT2D eigenvalue weighted by Gasteiger charge is -2.05. The van der Waals surface area contributed by atoms with Crippen LogP contribution in [-0.2, 0) is 10.0 Å². The van der Waals surface area contributed by atoms with Crippen LogP contribution < -0.4 is 4.72 Å². The van der Waals surface area contributed by atoms with E-state index in [0.29, 0.717) is 17.7 Å². The molecule has 0 spiro atoms. The van der Waals surface area contributed by atoms with E-state index in [2.05, 4.69) is 16.6 Å². The van der Waals surface area contributed by atoms with E-state index in [1.54, 1.807) is 24.3 Å². The van der Waals surface area contributed by atoms with Gasteiger partial charge in [-0.05, 0) is 12.1 Å². The summed E-state index contributed by atoms with van der Waals surface area (Å²) in [5, 5.41) is 8.59. The molecule has 1 aromatic rings. The largest absolute Gasteiger partial charge is 0.395 e. The average Bonchev–Trinajstić information content (AvgIpc) is 2.19. The summed E-state index contributed by atoms with van der Waals surface area (Å²) < 4.78 is 24.6. The zero-order valence-corrected chi connectivity index (χ0v) is 9.71. The van der Waals surface area contributed by atoms with Crippen LogP contribution in [0.2, 0.25) is 0 Å². The highest BCUT2D eigenvalue weighted by molar-refractivity contribution is 7.92. The number of benzene rings is 1. The van der Waals surface area contributed by atoms with Gasteiger partial charge in [-0.2, -0.15) is 0 Å². The summed E-state index contributed by atoms with van der Waals surface area (Å²) >= 11 is 0. The second kappa shape index (κ2) is 5.54. The van der Waals surface area contributed by atoms with E-state index in [1.165, 1.54) is 0 Å². The van der Waals surface area contributed by atoms with Crippen molar-refractivity contribution in [2.24, 2.45) is 0 Å². The minimum Gasteiger partial charge on any atom is -0.395 e. The van der Waals surface area contributed by atoms with Crippen LogP contribution in [-0.4, -0.2) is 26.4 Å². The summed E-state index contributed by atoms with van der Waals surface area (Å²) in [7, 11) is -3.30. The van der Waals surface area contributed by atoms with Crippen LogP contribution in [0.4, 0.5) is 5.69 Å². The van der Waals surface area contributed by atoms with E-state index in [4.69, 9.17) is 5.11 Å². The fourth-order valence-electron chi connectivity index (χ4n) is 1.09. The first-order chi connectivity index (χ1) is 7.53. The molecule has 2 N–H and O–H groups in total. The van der Waals surface area contributed by atoms with Gasteiger partial charge in [0, 0.05) is 12.0 Å². The van der Waals surface area contributed by atoms with E-state index >= 15 is 0 Å². The molecule has 0 fully saturated rings. The summed E-state index contributed by atoms with van der Waals surface area (Å²) in [5.74, 6) is 5.54. The van der Waals surface area contributed by atoms with E-state index in [0.717, 1.165) is 6.26 Å². The first kappa shape index (κ1) is 12.6. The fourth-order valence-corrected chi connectivity index (χ4v) is 1.67. The van der Waals surface area contributed by atoms with Gasteiger partial charge in [0.05, 0.1) is 18.6 Å². The van der Waals surface area contributed by atoms with Gasteiger partial charge in [-0.25, -0.2) is 8.42 Å². The van der Waals surface area contributed by atoms with Crippen LogP contribution in [0.25, 0.3) is 0 Å². The first-order valence-electron chi connectivity index (χ1n) is 4.69. The van der Waals surface area contributed by atoms with Crippen molar-refractivity contribution in [3.63, 3.8) is 0 Å². The molecule has 5 heteroatoms. The molecular weight excluding hydrogens is 226 g/mol. The molecule has 86 valence electrons. The van der Waals surface area contributed by atoms with Crippen molar-refractivity contribution < 1.29 is 13.5 Å². The molecule has 0 unspecified atom stereocenters. The van der Waals surface area contributed by atoms with Crippen molar-refractivity contribution in [1.82, 2.24) is 0 Å². The third-order valence-corrected chi connectivity index (χ3v) is 2.27. The molecule has 0 amide bonds. The summed E-state index contributed by atoms with van der Waals surface area (Å²) in [5.41, 5.74) is 1.05. The molecular formula is C11H13NO3S. The Balaban J connectivity index is 2.98. The van der Waals surface area contributed by atoms with Crippen molar-refractivity contribution >= 4 is 15.7 Å². The highest BCUT2D eigenvalue weighted by atomic mass is 32.2. The van der Waals surface area contributed by atoms with E-state index < -0.39 is 10.0 Å². The third kappa shape index (κ3) is 4.34. The first-order valence-corrected chi connectivity index (χ1v) is 6.58. The van der Waals surface area contributed by atoms with Crippen molar-refractivity contribution in [2.75, 3.05) is 17.6 Å². The van der Waals surface area contributed by atoms with Gasteiger partial charge in [0.2, 0.25) is 10.0 Å². The Hall–Kier alpha value is -1.51. The van der Waals surface area contributed by atoms with Gasteiger partial charge in [-0.3, -0.25) is 4.72 Å². The maximum Gasteiger partial charge on any atom is 0.229 e. The van der Waals surface area contributed by atoms with Crippen LogP contribution in [0.1, 0.15) is 12.0 Å². The molecule has 0 aliphatic rings. The highest BCUT2D eigenvalue weighted by Crippen LogP contribution is 2.14. The molecule has 0 bridgehead atoms. The number of nitrogens with one attached hydrogen (secondary N) is 1. The molecule has 1 rings (SSSR count). The number of sulfonamides is 1. The highest BCUT2D eigenvalue weighted by Gasteiger charge is 2.04. The van der Waals surface area contributed by atoms with E-state index in [9.17, 15) is 8.42 Å². The number of aliphatic hydroxyl groups excluding tert-OH is 1. The van der Waals surface area contributed by atoms with Crippen LogP contribution in [0.5, 0.6) is 0 Å². The average molecular weight is 239 g/mol. The van der Waals surface area contributed by atoms with Gasteiger partial charge in [-0.1, -0.05) is 24.0 Å². The Morgan fingerprint density at radius 1 is 1.38 bits per heavy atom. The van der Waals surface area contributed by atoms with Gasteiger partial charge < -0.3 is 5.11 Å². The van der Waals surface area contributed by atoms with Gasteiger partial charge >= 0.3 is 0 Å². The zero-order chi connectivity index (χ0) is 12.0. The fraction of sp³-hybridized carbons (Fsp3) is 0.273. The maximum atomic E-state index is 11.1. The second-order valence-electron chi connectivity index (χ2n) is 3.20. The lowest BCUT2D eigenvalue weighted by molar-refractivity contribution is 0.305. The van der Waals surface area contributed by atoms with Crippen LogP contribution in [0.15, 0.2) is 24.3 Å². The SMILES string of the molecule is CS(=O)(=O)Nc1ccccc1C#CCCO.